The Balaban J connectivity index is 2.00. The number of ether oxygens (including phenoxy) is 3. The van der Waals surface area contributed by atoms with Crippen LogP contribution in [0, 0.1) is 0 Å². The van der Waals surface area contributed by atoms with Crippen LogP contribution in [0.15, 0.2) is 36.4 Å². The number of amides is 2. The van der Waals surface area contributed by atoms with Crippen LogP contribution in [0.5, 0.6) is 17.2 Å². The topological polar surface area (TPSA) is 77.1 Å². The second kappa shape index (κ2) is 7.35. The molecule has 0 aliphatic carbocycles. The summed E-state index contributed by atoms with van der Waals surface area (Å²) >= 11 is 0. The lowest BCUT2D eigenvalue weighted by molar-refractivity contribution is -0.116. The van der Waals surface area contributed by atoms with Gasteiger partial charge in [0.05, 0.1) is 44.7 Å². The molecule has 136 valence electrons. The van der Waals surface area contributed by atoms with E-state index >= 15 is 0 Å². The summed E-state index contributed by atoms with van der Waals surface area (Å²) in [7, 11) is 4.61. The number of methoxy groups -OCH3 is 3. The molecule has 3 rings (SSSR count). The maximum Gasteiger partial charge on any atom is 0.256 e. The van der Waals surface area contributed by atoms with Crippen molar-refractivity contribution in [3.63, 3.8) is 0 Å². The van der Waals surface area contributed by atoms with Gasteiger partial charge in [0, 0.05) is 12.1 Å². The van der Waals surface area contributed by atoms with Gasteiger partial charge in [-0.25, -0.2) is 0 Å². The molecule has 0 saturated heterocycles. The van der Waals surface area contributed by atoms with Crippen LogP contribution in [0.4, 0.5) is 5.69 Å². The number of nitrogens with one attached hydrogen (secondary N) is 1. The van der Waals surface area contributed by atoms with Gasteiger partial charge in [0.1, 0.15) is 23.8 Å². The Labute approximate surface area is 151 Å². The van der Waals surface area contributed by atoms with E-state index in [1.54, 1.807) is 43.5 Å². The molecule has 1 aliphatic rings. The lowest BCUT2D eigenvalue weighted by Gasteiger charge is -2.23. The first kappa shape index (κ1) is 17.6. The standard InChI is InChI=1S/C19H20N2O5/c1-24-12-8-16(25-2)14(17(9-12)26-3)10-21-11-18(22)20-15-7-5-4-6-13(15)19(21)23/h4-9H,10-11H2,1-3H3,(H,20,22). The van der Waals surface area contributed by atoms with Gasteiger partial charge in [-0.1, -0.05) is 12.1 Å². The summed E-state index contributed by atoms with van der Waals surface area (Å²) in [6.45, 7) is 0.1000. The zero-order chi connectivity index (χ0) is 18.7. The number of hydrogen-bond acceptors (Lipinski definition) is 5. The fourth-order valence-corrected chi connectivity index (χ4v) is 2.94. The van der Waals surface area contributed by atoms with Crippen LogP contribution >= 0.6 is 0 Å². The van der Waals surface area contributed by atoms with Crippen LogP contribution in [0.2, 0.25) is 0 Å². The van der Waals surface area contributed by atoms with Gasteiger partial charge in [-0.15, -0.1) is 0 Å². The van der Waals surface area contributed by atoms with E-state index in [-0.39, 0.29) is 24.9 Å². The molecule has 0 bridgehead atoms. The first-order valence-corrected chi connectivity index (χ1v) is 8.04. The van der Waals surface area contributed by atoms with Crippen LogP contribution in [-0.2, 0) is 11.3 Å². The first-order valence-electron chi connectivity index (χ1n) is 8.04. The smallest absolute Gasteiger partial charge is 0.256 e. The van der Waals surface area contributed by atoms with Crippen molar-refractivity contribution in [2.75, 3.05) is 33.2 Å². The van der Waals surface area contributed by atoms with Gasteiger partial charge in [0.2, 0.25) is 5.91 Å². The van der Waals surface area contributed by atoms with Crippen molar-refractivity contribution in [2.24, 2.45) is 0 Å². The number of carbonyl (C=O) groups is 2. The lowest BCUT2D eigenvalue weighted by Crippen LogP contribution is -2.34. The summed E-state index contributed by atoms with van der Waals surface area (Å²) in [5, 5.41) is 2.76. The highest BCUT2D eigenvalue weighted by atomic mass is 16.5. The van der Waals surface area contributed by atoms with Crippen LogP contribution in [0.1, 0.15) is 15.9 Å². The highest BCUT2D eigenvalue weighted by Crippen LogP contribution is 2.35. The van der Waals surface area contributed by atoms with Crippen molar-refractivity contribution in [1.82, 2.24) is 4.90 Å². The number of benzene rings is 2. The predicted molar refractivity (Wildman–Crippen MR) is 95.9 cm³/mol. The van der Waals surface area contributed by atoms with Gasteiger partial charge in [0.25, 0.3) is 5.91 Å². The van der Waals surface area contributed by atoms with Crippen molar-refractivity contribution < 1.29 is 23.8 Å². The highest BCUT2D eigenvalue weighted by molar-refractivity contribution is 6.08. The van der Waals surface area contributed by atoms with E-state index in [2.05, 4.69) is 5.32 Å². The average molecular weight is 356 g/mol. The molecular formula is C19H20N2O5. The largest absolute Gasteiger partial charge is 0.496 e. The Bertz CT molecular complexity index is 825. The third kappa shape index (κ3) is 3.28. The van der Waals surface area contributed by atoms with E-state index in [0.29, 0.717) is 34.1 Å². The molecule has 0 radical (unpaired) electrons. The van der Waals surface area contributed by atoms with Gasteiger partial charge in [-0.2, -0.15) is 0 Å². The second-order valence-corrected chi connectivity index (χ2v) is 5.77. The summed E-state index contributed by atoms with van der Waals surface area (Å²) in [6.07, 6.45) is 0. The average Bonchev–Trinajstić information content (AvgIpc) is 2.78. The number of hydrogen-bond donors (Lipinski definition) is 1. The van der Waals surface area contributed by atoms with Crippen LogP contribution in [0.25, 0.3) is 0 Å². The first-order chi connectivity index (χ1) is 12.6. The van der Waals surface area contributed by atoms with E-state index in [1.807, 2.05) is 0 Å². The Morgan fingerprint density at radius 3 is 2.27 bits per heavy atom. The number of para-hydroxylation sites is 1. The summed E-state index contributed by atoms with van der Waals surface area (Å²) in [5.74, 6) is 1.13. The summed E-state index contributed by atoms with van der Waals surface area (Å²) in [4.78, 5) is 26.6. The number of carbonyl (C=O) groups excluding carboxylic acids is 2. The van der Waals surface area contributed by atoms with Crippen molar-refractivity contribution in [2.45, 2.75) is 6.54 Å². The van der Waals surface area contributed by atoms with Gasteiger partial charge in [-0.3, -0.25) is 9.59 Å². The quantitative estimate of drug-likeness (QED) is 0.890. The van der Waals surface area contributed by atoms with E-state index < -0.39 is 0 Å². The number of rotatable bonds is 5. The minimum atomic E-state index is -0.255. The van der Waals surface area contributed by atoms with Gasteiger partial charge >= 0.3 is 0 Å². The maximum absolute atomic E-state index is 12.9. The molecule has 0 atom stereocenters. The Kier molecular flexibility index (Phi) is 4.97. The van der Waals surface area contributed by atoms with Gasteiger partial charge in [-0.05, 0) is 12.1 Å². The molecule has 2 aromatic carbocycles. The Hall–Kier alpha value is -3.22. The predicted octanol–water partition coefficient (Wildman–Crippen LogP) is 2.31. The van der Waals surface area contributed by atoms with Crippen molar-refractivity contribution in [3.05, 3.63) is 47.5 Å². The summed E-state index contributed by atoms with van der Waals surface area (Å²) < 4.78 is 16.1. The number of anilines is 1. The maximum atomic E-state index is 12.9. The van der Waals surface area contributed by atoms with Crippen molar-refractivity contribution in [3.8, 4) is 17.2 Å². The fraction of sp³-hybridized carbons (Fsp3) is 0.263. The minimum absolute atomic E-state index is 0.0636. The van der Waals surface area contributed by atoms with Crippen LogP contribution < -0.4 is 19.5 Å². The van der Waals surface area contributed by atoms with Crippen molar-refractivity contribution >= 4 is 17.5 Å². The van der Waals surface area contributed by atoms with E-state index in [4.69, 9.17) is 14.2 Å². The SMILES string of the molecule is COc1cc(OC)c(CN2CC(=O)Nc3ccccc3C2=O)c(OC)c1. The highest BCUT2D eigenvalue weighted by Gasteiger charge is 2.28. The molecule has 0 fully saturated rings. The molecule has 26 heavy (non-hydrogen) atoms. The molecular weight excluding hydrogens is 336 g/mol. The molecule has 0 saturated carbocycles. The van der Waals surface area contributed by atoms with Crippen molar-refractivity contribution in [1.29, 1.82) is 0 Å². The minimum Gasteiger partial charge on any atom is -0.496 e. The normalized spacial score (nSPS) is 13.6. The molecule has 0 spiro atoms. The Morgan fingerprint density at radius 2 is 1.65 bits per heavy atom. The molecule has 1 aliphatic heterocycles. The molecule has 1 heterocycles. The Morgan fingerprint density at radius 1 is 1.00 bits per heavy atom. The van der Waals surface area contributed by atoms with Crippen LogP contribution in [0.3, 0.4) is 0 Å². The lowest BCUT2D eigenvalue weighted by atomic mass is 10.1. The summed E-state index contributed by atoms with van der Waals surface area (Å²) in [6, 6.07) is 10.4. The molecule has 2 aromatic rings. The molecule has 7 nitrogen and oxygen atoms in total. The third-order valence-electron chi connectivity index (χ3n) is 4.22. The molecule has 0 aromatic heterocycles. The van der Waals surface area contributed by atoms with E-state index in [9.17, 15) is 9.59 Å². The van der Waals surface area contributed by atoms with E-state index in [0.717, 1.165) is 0 Å². The number of fused-ring (bicyclic) bond motifs is 1. The molecule has 0 unspecified atom stereocenters. The van der Waals surface area contributed by atoms with Gasteiger partial charge in [0.15, 0.2) is 0 Å². The molecule has 7 heteroatoms. The van der Waals surface area contributed by atoms with Crippen LogP contribution in [-0.4, -0.2) is 44.6 Å². The fourth-order valence-electron chi connectivity index (χ4n) is 2.94. The molecule has 2 amide bonds. The third-order valence-corrected chi connectivity index (χ3v) is 4.22. The molecule has 1 N–H and O–H groups in total. The second-order valence-electron chi connectivity index (χ2n) is 5.77. The summed E-state index contributed by atoms with van der Waals surface area (Å²) in [5.41, 5.74) is 1.62. The van der Waals surface area contributed by atoms with Gasteiger partial charge < -0.3 is 24.4 Å². The van der Waals surface area contributed by atoms with E-state index in [1.165, 1.54) is 19.1 Å². The number of nitrogens with zero attached hydrogens (tertiary/aromatic N) is 1. The monoisotopic (exact) mass is 356 g/mol. The zero-order valence-electron chi connectivity index (χ0n) is 14.9. The zero-order valence-corrected chi connectivity index (χ0v) is 14.9.